The molecule has 0 N–H and O–H groups in total. The van der Waals surface area contributed by atoms with Gasteiger partial charge in [-0.2, -0.15) is 0 Å². The Bertz CT molecular complexity index is 783. The van der Waals surface area contributed by atoms with E-state index in [1.807, 2.05) is 4.90 Å². The monoisotopic (exact) mass is 359 g/mol. The fourth-order valence-corrected chi connectivity index (χ4v) is 3.34. The summed E-state index contributed by atoms with van der Waals surface area (Å²) in [6, 6.07) is 8.30. The normalized spacial score (nSPS) is 14.6. The van der Waals surface area contributed by atoms with E-state index in [1.54, 1.807) is 29.6 Å². The standard InChI is InChI=1S/C17H17N3O4S/c21-17(16-5-4-10-25-16)24-18-12-13-6-7-14(15(11-13)20(22)23)19-8-2-1-3-9-19/h4-7,10-12H,1-3,8-9H2/b18-12+. The predicted molar refractivity (Wildman–Crippen MR) is 96.5 cm³/mol. The Hall–Kier alpha value is -2.74. The van der Waals surface area contributed by atoms with Crippen LogP contribution in [-0.2, 0) is 4.84 Å². The second-order valence-corrected chi connectivity index (χ2v) is 6.59. The minimum absolute atomic E-state index is 0.0374. The van der Waals surface area contributed by atoms with Gasteiger partial charge in [0, 0.05) is 24.7 Å². The van der Waals surface area contributed by atoms with Crippen LogP contribution in [0.1, 0.15) is 34.5 Å². The van der Waals surface area contributed by atoms with Crippen molar-refractivity contribution in [3.63, 3.8) is 0 Å². The minimum atomic E-state index is -0.550. The van der Waals surface area contributed by atoms with Gasteiger partial charge in [0.05, 0.1) is 11.1 Å². The van der Waals surface area contributed by atoms with Gasteiger partial charge in [-0.05, 0) is 36.8 Å². The summed E-state index contributed by atoms with van der Waals surface area (Å²) in [6.45, 7) is 1.65. The van der Waals surface area contributed by atoms with Crippen LogP contribution in [0.5, 0.6) is 0 Å². The maximum atomic E-state index is 11.7. The van der Waals surface area contributed by atoms with Crippen molar-refractivity contribution in [1.29, 1.82) is 0 Å². The fourth-order valence-electron chi connectivity index (χ4n) is 2.74. The maximum absolute atomic E-state index is 11.7. The molecule has 2 heterocycles. The molecular weight excluding hydrogens is 342 g/mol. The van der Waals surface area contributed by atoms with E-state index in [0.29, 0.717) is 16.1 Å². The number of hydrogen-bond donors (Lipinski definition) is 0. The summed E-state index contributed by atoms with van der Waals surface area (Å²) in [4.78, 5) is 30.0. The number of rotatable bonds is 5. The average Bonchev–Trinajstić information content (AvgIpc) is 3.17. The van der Waals surface area contributed by atoms with Crippen molar-refractivity contribution in [3.8, 4) is 0 Å². The number of piperidine rings is 1. The molecule has 2 aromatic rings. The van der Waals surface area contributed by atoms with E-state index in [0.717, 1.165) is 32.4 Å². The zero-order valence-corrected chi connectivity index (χ0v) is 14.3. The molecule has 0 amide bonds. The number of carbonyl (C=O) groups excluding carboxylic acids is 1. The molecule has 7 nitrogen and oxygen atoms in total. The molecule has 1 fully saturated rings. The molecule has 130 valence electrons. The smallest absolute Gasteiger partial charge is 0.366 e. The third kappa shape index (κ3) is 4.21. The molecule has 0 aliphatic carbocycles. The summed E-state index contributed by atoms with van der Waals surface area (Å²) in [5.41, 5.74) is 1.17. The number of thiophene rings is 1. The Morgan fingerprint density at radius 3 is 2.76 bits per heavy atom. The van der Waals surface area contributed by atoms with Crippen LogP contribution >= 0.6 is 11.3 Å². The Morgan fingerprint density at radius 2 is 2.08 bits per heavy atom. The molecule has 1 aromatic heterocycles. The van der Waals surface area contributed by atoms with E-state index in [9.17, 15) is 14.9 Å². The zero-order chi connectivity index (χ0) is 17.6. The van der Waals surface area contributed by atoms with Gasteiger partial charge in [0.15, 0.2) is 0 Å². The number of nitro groups is 1. The number of nitrogens with zero attached hydrogens (tertiary/aromatic N) is 3. The van der Waals surface area contributed by atoms with Crippen molar-refractivity contribution in [1.82, 2.24) is 0 Å². The SMILES string of the molecule is O=C(O/N=C/c1ccc(N2CCCCC2)c([N+](=O)[O-])c1)c1cccs1. The Labute approximate surface area is 148 Å². The van der Waals surface area contributed by atoms with Gasteiger partial charge in [-0.1, -0.05) is 17.3 Å². The molecule has 25 heavy (non-hydrogen) atoms. The second kappa shape index (κ2) is 7.89. The first-order valence-electron chi connectivity index (χ1n) is 7.97. The molecular formula is C17H17N3O4S. The van der Waals surface area contributed by atoms with Gasteiger partial charge in [0.1, 0.15) is 10.6 Å². The van der Waals surface area contributed by atoms with Crippen LogP contribution in [-0.4, -0.2) is 30.2 Å². The van der Waals surface area contributed by atoms with Crippen LogP contribution in [0.4, 0.5) is 11.4 Å². The lowest BCUT2D eigenvalue weighted by atomic mass is 10.1. The van der Waals surface area contributed by atoms with Crippen LogP contribution < -0.4 is 4.90 Å². The summed E-state index contributed by atoms with van der Waals surface area (Å²) in [5.74, 6) is -0.550. The largest absolute Gasteiger partial charge is 0.375 e. The molecule has 1 aromatic carbocycles. The van der Waals surface area contributed by atoms with Crippen molar-refractivity contribution in [2.45, 2.75) is 19.3 Å². The van der Waals surface area contributed by atoms with E-state index in [4.69, 9.17) is 4.84 Å². The average molecular weight is 359 g/mol. The number of anilines is 1. The molecule has 0 bridgehead atoms. The number of carbonyl (C=O) groups is 1. The molecule has 8 heteroatoms. The first-order valence-corrected chi connectivity index (χ1v) is 8.85. The lowest BCUT2D eigenvalue weighted by Crippen LogP contribution is -2.29. The highest BCUT2D eigenvalue weighted by atomic mass is 32.1. The molecule has 3 rings (SSSR count). The van der Waals surface area contributed by atoms with E-state index in [1.165, 1.54) is 23.6 Å². The molecule has 0 radical (unpaired) electrons. The number of oxime groups is 1. The molecule has 0 spiro atoms. The van der Waals surface area contributed by atoms with E-state index in [-0.39, 0.29) is 10.6 Å². The zero-order valence-electron chi connectivity index (χ0n) is 13.5. The van der Waals surface area contributed by atoms with Crippen LogP contribution in [0.3, 0.4) is 0 Å². The van der Waals surface area contributed by atoms with Gasteiger partial charge in [-0.15, -0.1) is 11.3 Å². The summed E-state index contributed by atoms with van der Waals surface area (Å²) in [6.07, 6.45) is 4.54. The molecule has 1 aliphatic heterocycles. The van der Waals surface area contributed by atoms with E-state index < -0.39 is 5.97 Å². The third-order valence-electron chi connectivity index (χ3n) is 3.95. The van der Waals surface area contributed by atoms with Crippen molar-refractivity contribution in [3.05, 3.63) is 56.3 Å². The molecule has 1 aliphatic rings. The topological polar surface area (TPSA) is 85.0 Å². The van der Waals surface area contributed by atoms with Gasteiger partial charge in [0.2, 0.25) is 0 Å². The quantitative estimate of drug-likeness (QED) is 0.350. The first kappa shape index (κ1) is 17.1. The lowest BCUT2D eigenvalue weighted by Gasteiger charge is -2.28. The van der Waals surface area contributed by atoms with Crippen LogP contribution in [0.2, 0.25) is 0 Å². The van der Waals surface area contributed by atoms with E-state index in [2.05, 4.69) is 5.16 Å². The summed E-state index contributed by atoms with van der Waals surface area (Å²) >= 11 is 1.26. The summed E-state index contributed by atoms with van der Waals surface area (Å²) in [7, 11) is 0. The highest BCUT2D eigenvalue weighted by Gasteiger charge is 2.21. The van der Waals surface area contributed by atoms with Gasteiger partial charge < -0.3 is 9.74 Å². The molecule has 1 saturated heterocycles. The maximum Gasteiger partial charge on any atom is 0.375 e. The van der Waals surface area contributed by atoms with Crippen LogP contribution in [0.15, 0.2) is 40.9 Å². The van der Waals surface area contributed by atoms with Gasteiger partial charge in [-0.3, -0.25) is 10.1 Å². The number of hydrogen-bond acceptors (Lipinski definition) is 7. The van der Waals surface area contributed by atoms with Gasteiger partial charge in [0.25, 0.3) is 5.69 Å². The van der Waals surface area contributed by atoms with Gasteiger partial charge in [-0.25, -0.2) is 4.79 Å². The highest BCUT2D eigenvalue weighted by molar-refractivity contribution is 7.11. The molecule has 0 atom stereocenters. The Morgan fingerprint density at radius 1 is 1.28 bits per heavy atom. The van der Waals surface area contributed by atoms with Crippen molar-refractivity contribution < 1.29 is 14.6 Å². The summed E-state index contributed by atoms with van der Waals surface area (Å²) in [5, 5.41) is 16.8. The van der Waals surface area contributed by atoms with Crippen molar-refractivity contribution >= 4 is 34.9 Å². The van der Waals surface area contributed by atoms with E-state index >= 15 is 0 Å². The second-order valence-electron chi connectivity index (χ2n) is 5.64. The minimum Gasteiger partial charge on any atom is -0.366 e. The Kier molecular flexibility index (Phi) is 5.39. The molecule has 0 unspecified atom stereocenters. The molecule has 0 saturated carbocycles. The van der Waals surface area contributed by atoms with Crippen molar-refractivity contribution in [2.75, 3.05) is 18.0 Å². The van der Waals surface area contributed by atoms with Crippen molar-refractivity contribution in [2.24, 2.45) is 5.16 Å². The first-order chi connectivity index (χ1) is 12.1. The number of nitro benzene ring substituents is 1. The highest BCUT2D eigenvalue weighted by Crippen LogP contribution is 2.30. The fraction of sp³-hybridized carbons (Fsp3) is 0.294. The number of benzene rings is 1. The predicted octanol–water partition coefficient (Wildman–Crippen LogP) is 3.84. The summed E-state index contributed by atoms with van der Waals surface area (Å²) < 4.78 is 0. The van der Waals surface area contributed by atoms with Gasteiger partial charge >= 0.3 is 5.97 Å². The third-order valence-corrected chi connectivity index (χ3v) is 4.80. The van der Waals surface area contributed by atoms with Crippen LogP contribution in [0.25, 0.3) is 0 Å². The lowest BCUT2D eigenvalue weighted by molar-refractivity contribution is -0.384. The van der Waals surface area contributed by atoms with Crippen LogP contribution in [0, 0.1) is 10.1 Å². The Balaban J connectivity index is 1.73.